The van der Waals surface area contributed by atoms with Gasteiger partial charge in [0.05, 0.1) is 10.6 Å². The third-order valence-electron chi connectivity index (χ3n) is 2.91. The minimum absolute atomic E-state index is 0.362. The number of nitrogens with zero attached hydrogens (tertiary/aromatic N) is 3. The molecule has 0 fully saturated rings. The second-order valence-electron chi connectivity index (χ2n) is 4.35. The Morgan fingerprint density at radius 3 is 2.80 bits per heavy atom. The van der Waals surface area contributed by atoms with Gasteiger partial charge in [-0.2, -0.15) is 4.98 Å². The van der Waals surface area contributed by atoms with Crippen LogP contribution in [0.4, 0.5) is 5.69 Å². The van der Waals surface area contributed by atoms with E-state index in [1.807, 2.05) is 13.0 Å². The van der Waals surface area contributed by atoms with E-state index in [4.69, 9.17) is 21.9 Å². The van der Waals surface area contributed by atoms with Crippen LogP contribution in [0.3, 0.4) is 0 Å². The number of nitrogens with two attached hydrogens (primary N) is 1. The van der Waals surface area contributed by atoms with Crippen LogP contribution in [-0.2, 0) is 0 Å². The molecule has 0 aliphatic rings. The van der Waals surface area contributed by atoms with Crippen LogP contribution in [0.1, 0.15) is 5.56 Å². The van der Waals surface area contributed by atoms with Gasteiger partial charge in [-0.25, -0.2) is 0 Å². The molecule has 3 aromatic rings. The zero-order valence-corrected chi connectivity index (χ0v) is 11.4. The third-order valence-corrected chi connectivity index (χ3v) is 3.22. The maximum Gasteiger partial charge on any atom is 0.259 e. The number of nitrogen functional groups attached to an aromatic ring is 1. The molecule has 1 aromatic carbocycles. The standard InChI is InChI=1S/C14H11ClN4O/c1-8-7-17-5-4-10(8)13-18-14(20-19-13)11-3-2-9(16)6-12(11)15/h2-7H,16H2,1H3. The summed E-state index contributed by atoms with van der Waals surface area (Å²) in [5.74, 6) is 0.869. The number of hydrogen-bond acceptors (Lipinski definition) is 5. The highest BCUT2D eigenvalue weighted by Gasteiger charge is 2.14. The lowest BCUT2D eigenvalue weighted by Crippen LogP contribution is -1.88. The first-order chi connectivity index (χ1) is 9.65. The van der Waals surface area contributed by atoms with Crippen LogP contribution >= 0.6 is 11.6 Å². The van der Waals surface area contributed by atoms with Crippen LogP contribution in [-0.4, -0.2) is 15.1 Å². The molecule has 0 radical (unpaired) electrons. The Morgan fingerprint density at radius 2 is 2.05 bits per heavy atom. The van der Waals surface area contributed by atoms with Crippen molar-refractivity contribution in [2.24, 2.45) is 0 Å². The summed E-state index contributed by atoms with van der Waals surface area (Å²) in [7, 11) is 0. The molecular formula is C14H11ClN4O. The van der Waals surface area contributed by atoms with Crippen molar-refractivity contribution in [1.82, 2.24) is 15.1 Å². The van der Waals surface area contributed by atoms with Crippen molar-refractivity contribution >= 4 is 17.3 Å². The molecule has 6 heteroatoms. The Morgan fingerprint density at radius 1 is 1.20 bits per heavy atom. The average Bonchev–Trinajstić information content (AvgIpc) is 2.88. The molecule has 0 atom stereocenters. The van der Waals surface area contributed by atoms with E-state index in [1.165, 1.54) is 0 Å². The fourth-order valence-corrected chi connectivity index (χ4v) is 2.14. The Bertz CT molecular complexity index is 769. The van der Waals surface area contributed by atoms with Gasteiger partial charge in [0.15, 0.2) is 0 Å². The smallest absolute Gasteiger partial charge is 0.259 e. The quantitative estimate of drug-likeness (QED) is 0.731. The minimum Gasteiger partial charge on any atom is -0.399 e. The van der Waals surface area contributed by atoms with E-state index in [0.717, 1.165) is 11.1 Å². The summed E-state index contributed by atoms with van der Waals surface area (Å²) in [6, 6.07) is 6.99. The van der Waals surface area contributed by atoms with Gasteiger partial charge in [0.25, 0.3) is 5.89 Å². The van der Waals surface area contributed by atoms with Gasteiger partial charge in [0.1, 0.15) is 0 Å². The number of rotatable bonds is 2. The van der Waals surface area contributed by atoms with Crippen molar-refractivity contribution in [3.8, 4) is 22.8 Å². The molecule has 0 bridgehead atoms. The molecule has 2 aromatic heterocycles. The summed E-state index contributed by atoms with van der Waals surface area (Å²) in [6.45, 7) is 1.94. The van der Waals surface area contributed by atoms with Crippen LogP contribution < -0.4 is 5.73 Å². The van der Waals surface area contributed by atoms with Crippen LogP contribution in [0, 0.1) is 6.92 Å². The Labute approximate surface area is 120 Å². The van der Waals surface area contributed by atoms with E-state index in [9.17, 15) is 0 Å². The molecule has 0 unspecified atom stereocenters. The molecule has 0 spiro atoms. The zero-order chi connectivity index (χ0) is 14.1. The lowest BCUT2D eigenvalue weighted by atomic mass is 10.1. The molecule has 3 rings (SSSR count). The summed E-state index contributed by atoms with van der Waals surface area (Å²) < 4.78 is 5.27. The second kappa shape index (κ2) is 4.94. The van der Waals surface area contributed by atoms with Crippen molar-refractivity contribution in [1.29, 1.82) is 0 Å². The van der Waals surface area contributed by atoms with Gasteiger partial charge in [-0.3, -0.25) is 4.98 Å². The highest BCUT2D eigenvalue weighted by atomic mass is 35.5. The lowest BCUT2D eigenvalue weighted by molar-refractivity contribution is 0.432. The minimum atomic E-state index is 0.362. The fraction of sp³-hybridized carbons (Fsp3) is 0.0714. The predicted octanol–water partition coefficient (Wildman–Crippen LogP) is 3.34. The van der Waals surface area contributed by atoms with Gasteiger partial charge in [-0.15, -0.1) is 0 Å². The molecule has 2 heterocycles. The molecule has 100 valence electrons. The molecular weight excluding hydrogens is 276 g/mol. The van der Waals surface area contributed by atoms with Crippen molar-refractivity contribution in [2.75, 3.05) is 5.73 Å². The topological polar surface area (TPSA) is 77.8 Å². The van der Waals surface area contributed by atoms with Crippen LogP contribution in [0.2, 0.25) is 5.02 Å². The first kappa shape index (κ1) is 12.6. The summed E-state index contributed by atoms with van der Waals surface area (Å²) >= 11 is 6.13. The molecule has 20 heavy (non-hydrogen) atoms. The summed E-state index contributed by atoms with van der Waals surface area (Å²) in [5.41, 5.74) is 8.76. The van der Waals surface area contributed by atoms with Crippen molar-refractivity contribution in [3.63, 3.8) is 0 Å². The SMILES string of the molecule is Cc1cnccc1-c1noc(-c2ccc(N)cc2Cl)n1. The fourth-order valence-electron chi connectivity index (χ4n) is 1.87. The largest absolute Gasteiger partial charge is 0.399 e. The van der Waals surface area contributed by atoms with Gasteiger partial charge < -0.3 is 10.3 Å². The van der Waals surface area contributed by atoms with Gasteiger partial charge in [-0.1, -0.05) is 16.8 Å². The monoisotopic (exact) mass is 286 g/mol. The van der Waals surface area contributed by atoms with Crippen LogP contribution in [0.15, 0.2) is 41.2 Å². The maximum absolute atomic E-state index is 6.13. The number of pyridine rings is 1. The number of anilines is 1. The van der Waals surface area contributed by atoms with E-state index in [2.05, 4.69) is 15.1 Å². The van der Waals surface area contributed by atoms with Crippen molar-refractivity contribution in [2.45, 2.75) is 6.92 Å². The molecule has 0 aliphatic heterocycles. The summed E-state index contributed by atoms with van der Waals surface area (Å²) in [4.78, 5) is 8.41. The highest BCUT2D eigenvalue weighted by Crippen LogP contribution is 2.30. The number of aromatic nitrogens is 3. The van der Waals surface area contributed by atoms with E-state index < -0.39 is 0 Å². The van der Waals surface area contributed by atoms with Crippen molar-refractivity contribution < 1.29 is 4.52 Å². The molecule has 0 saturated heterocycles. The molecule has 0 saturated carbocycles. The lowest BCUT2D eigenvalue weighted by Gasteiger charge is -1.99. The summed E-state index contributed by atoms with van der Waals surface area (Å²) in [6.07, 6.45) is 3.44. The molecule has 5 nitrogen and oxygen atoms in total. The van der Waals surface area contributed by atoms with Crippen LogP contribution in [0.5, 0.6) is 0 Å². The third kappa shape index (κ3) is 2.23. The highest BCUT2D eigenvalue weighted by molar-refractivity contribution is 6.33. The molecule has 0 aliphatic carbocycles. The van der Waals surface area contributed by atoms with Gasteiger partial charge in [0, 0.05) is 23.6 Å². The Balaban J connectivity index is 2.04. The van der Waals surface area contributed by atoms with Crippen molar-refractivity contribution in [3.05, 3.63) is 47.2 Å². The number of benzene rings is 1. The number of hydrogen-bond donors (Lipinski definition) is 1. The van der Waals surface area contributed by atoms with Gasteiger partial charge >= 0.3 is 0 Å². The Hall–Kier alpha value is -2.40. The number of halogens is 1. The van der Waals surface area contributed by atoms with E-state index in [1.54, 1.807) is 30.6 Å². The maximum atomic E-state index is 6.13. The first-order valence-corrected chi connectivity index (χ1v) is 6.33. The van der Waals surface area contributed by atoms with Gasteiger partial charge in [0.2, 0.25) is 5.82 Å². The van der Waals surface area contributed by atoms with E-state index in [-0.39, 0.29) is 0 Å². The molecule has 2 N–H and O–H groups in total. The Kier molecular flexibility index (Phi) is 3.12. The normalized spacial score (nSPS) is 10.7. The van der Waals surface area contributed by atoms with E-state index >= 15 is 0 Å². The number of aryl methyl sites for hydroxylation is 1. The zero-order valence-electron chi connectivity index (χ0n) is 10.7. The van der Waals surface area contributed by atoms with Crippen LogP contribution in [0.25, 0.3) is 22.8 Å². The molecule has 0 amide bonds. The van der Waals surface area contributed by atoms with Gasteiger partial charge in [-0.05, 0) is 36.8 Å². The second-order valence-corrected chi connectivity index (χ2v) is 4.76. The first-order valence-electron chi connectivity index (χ1n) is 5.95. The summed E-state index contributed by atoms with van der Waals surface area (Å²) in [5, 5.41) is 4.46. The van der Waals surface area contributed by atoms with E-state index in [0.29, 0.717) is 28.0 Å². The predicted molar refractivity (Wildman–Crippen MR) is 77.1 cm³/mol. The average molecular weight is 287 g/mol.